The molecule has 1 atom stereocenters. The Bertz CT molecular complexity index is 461. The highest BCUT2D eigenvalue weighted by Gasteiger charge is 2.45. The van der Waals surface area contributed by atoms with Crippen molar-refractivity contribution in [3.05, 3.63) is 11.9 Å². The van der Waals surface area contributed by atoms with Gasteiger partial charge in [0.1, 0.15) is 0 Å². The predicted octanol–water partition coefficient (Wildman–Crippen LogP) is 2.61. The van der Waals surface area contributed by atoms with Crippen LogP contribution >= 0.6 is 0 Å². The van der Waals surface area contributed by atoms with Crippen molar-refractivity contribution in [1.82, 2.24) is 20.0 Å². The number of nitrogens with zero attached hydrogens (tertiary/aromatic N) is 3. The molecule has 1 N–H and O–H groups in total. The van der Waals surface area contributed by atoms with Gasteiger partial charge in [-0.15, -0.1) is 0 Å². The van der Waals surface area contributed by atoms with Gasteiger partial charge < -0.3 is 15.0 Å². The molecule has 1 aliphatic rings. The molecule has 0 amide bonds. The highest BCUT2D eigenvalue weighted by atomic mass is 16.5. The maximum atomic E-state index is 5.60. The second-order valence-electron chi connectivity index (χ2n) is 6.56. The molecule has 0 bridgehead atoms. The number of nitrogens with one attached hydrogen (secondary N) is 1. The van der Waals surface area contributed by atoms with Crippen LogP contribution in [0.25, 0.3) is 0 Å². The molecule has 120 valence electrons. The third kappa shape index (κ3) is 2.69. The van der Waals surface area contributed by atoms with Gasteiger partial charge in [0.2, 0.25) is 0 Å². The maximum absolute atomic E-state index is 5.60. The van der Waals surface area contributed by atoms with Crippen LogP contribution in [0.1, 0.15) is 57.3 Å². The largest absolute Gasteiger partial charge is 0.493 e. The molecule has 1 heterocycles. The van der Waals surface area contributed by atoms with Gasteiger partial charge in [0.05, 0.1) is 25.0 Å². The average molecular weight is 294 g/mol. The highest BCUT2D eigenvalue weighted by Crippen LogP contribution is 2.45. The zero-order valence-corrected chi connectivity index (χ0v) is 14.3. The molecule has 0 radical (unpaired) electrons. The topological polar surface area (TPSA) is 42.3 Å². The van der Waals surface area contributed by atoms with Crippen molar-refractivity contribution in [1.29, 1.82) is 0 Å². The average Bonchev–Trinajstić information content (AvgIpc) is 3.07. The second kappa shape index (κ2) is 6.36. The molecule has 1 saturated carbocycles. The van der Waals surface area contributed by atoms with Gasteiger partial charge in [0.25, 0.3) is 0 Å². The molecule has 1 aliphatic carbocycles. The summed E-state index contributed by atoms with van der Waals surface area (Å²) in [5.74, 6) is 0.885. The molecule has 1 fully saturated rings. The monoisotopic (exact) mass is 294 g/mol. The fourth-order valence-electron chi connectivity index (χ4n) is 3.84. The predicted molar refractivity (Wildman–Crippen MR) is 85.9 cm³/mol. The van der Waals surface area contributed by atoms with Crippen molar-refractivity contribution in [2.24, 2.45) is 0 Å². The van der Waals surface area contributed by atoms with Crippen molar-refractivity contribution in [2.45, 2.75) is 57.2 Å². The van der Waals surface area contributed by atoms with E-state index in [0.29, 0.717) is 6.04 Å². The van der Waals surface area contributed by atoms with Gasteiger partial charge in [0.15, 0.2) is 5.75 Å². The van der Waals surface area contributed by atoms with E-state index in [1.807, 2.05) is 13.2 Å². The number of hydrogen-bond donors (Lipinski definition) is 1. The minimum Gasteiger partial charge on any atom is -0.493 e. The SMILES string of the molecule is CNC(c1c(OC)cnn1C(C)C)C1(N(C)C)CCCC1. The van der Waals surface area contributed by atoms with E-state index in [9.17, 15) is 0 Å². The van der Waals surface area contributed by atoms with Gasteiger partial charge in [-0.25, -0.2) is 0 Å². The highest BCUT2D eigenvalue weighted by molar-refractivity contribution is 5.32. The Balaban J connectivity index is 2.52. The minimum absolute atomic E-state index is 0.134. The number of aromatic nitrogens is 2. The van der Waals surface area contributed by atoms with Crippen LogP contribution in [0.15, 0.2) is 6.20 Å². The summed E-state index contributed by atoms with van der Waals surface area (Å²) in [6, 6.07) is 0.537. The number of likely N-dealkylation sites (N-methyl/N-ethyl adjacent to an activating group) is 2. The lowest BCUT2D eigenvalue weighted by molar-refractivity contribution is 0.102. The van der Waals surface area contributed by atoms with Crippen molar-refractivity contribution in [2.75, 3.05) is 28.3 Å². The van der Waals surface area contributed by atoms with Crippen LogP contribution in [0, 0.1) is 0 Å². The third-order valence-corrected chi connectivity index (χ3v) is 4.97. The first-order valence-corrected chi connectivity index (χ1v) is 7.94. The van der Waals surface area contributed by atoms with Crippen molar-refractivity contribution in [3.8, 4) is 5.75 Å². The van der Waals surface area contributed by atoms with Crippen LogP contribution in [0.4, 0.5) is 0 Å². The van der Waals surface area contributed by atoms with E-state index in [-0.39, 0.29) is 11.6 Å². The molecular weight excluding hydrogens is 264 g/mol. The van der Waals surface area contributed by atoms with Crippen LogP contribution < -0.4 is 10.1 Å². The molecule has 5 heteroatoms. The van der Waals surface area contributed by atoms with Gasteiger partial charge >= 0.3 is 0 Å². The van der Waals surface area contributed by atoms with Gasteiger partial charge in [-0.3, -0.25) is 4.68 Å². The zero-order valence-electron chi connectivity index (χ0n) is 14.3. The summed E-state index contributed by atoms with van der Waals surface area (Å²) in [6.07, 6.45) is 6.83. The first-order valence-electron chi connectivity index (χ1n) is 7.94. The van der Waals surface area contributed by atoms with E-state index in [0.717, 1.165) is 5.75 Å². The summed E-state index contributed by atoms with van der Waals surface area (Å²) in [5.41, 5.74) is 1.31. The molecule has 2 rings (SSSR count). The van der Waals surface area contributed by atoms with Crippen LogP contribution in [-0.4, -0.2) is 48.5 Å². The van der Waals surface area contributed by atoms with Crippen LogP contribution in [0.5, 0.6) is 5.75 Å². The van der Waals surface area contributed by atoms with E-state index >= 15 is 0 Å². The lowest BCUT2D eigenvalue weighted by atomic mass is 9.84. The Labute approximate surface area is 128 Å². The van der Waals surface area contributed by atoms with Gasteiger partial charge in [0, 0.05) is 11.6 Å². The summed E-state index contributed by atoms with van der Waals surface area (Å²) < 4.78 is 7.70. The third-order valence-electron chi connectivity index (χ3n) is 4.97. The lowest BCUT2D eigenvalue weighted by Crippen LogP contribution is -2.52. The zero-order chi connectivity index (χ0) is 15.6. The smallest absolute Gasteiger partial charge is 0.161 e. The molecule has 1 unspecified atom stereocenters. The van der Waals surface area contributed by atoms with E-state index in [2.05, 4.69) is 47.9 Å². The minimum atomic E-state index is 0.134. The van der Waals surface area contributed by atoms with Crippen molar-refractivity contribution >= 4 is 0 Å². The molecule has 21 heavy (non-hydrogen) atoms. The fraction of sp³-hybridized carbons (Fsp3) is 0.812. The van der Waals surface area contributed by atoms with Crippen LogP contribution in [0.3, 0.4) is 0 Å². The van der Waals surface area contributed by atoms with E-state index in [1.54, 1.807) is 7.11 Å². The Morgan fingerprint density at radius 2 is 1.95 bits per heavy atom. The number of methoxy groups -OCH3 is 1. The van der Waals surface area contributed by atoms with E-state index in [1.165, 1.54) is 31.4 Å². The Hall–Kier alpha value is -1.07. The van der Waals surface area contributed by atoms with E-state index < -0.39 is 0 Å². The first-order chi connectivity index (χ1) is 9.97. The van der Waals surface area contributed by atoms with Crippen molar-refractivity contribution < 1.29 is 4.74 Å². The summed E-state index contributed by atoms with van der Waals surface area (Å²) >= 11 is 0. The molecule has 0 aromatic carbocycles. The number of ether oxygens (including phenoxy) is 1. The molecule has 1 aromatic heterocycles. The Kier molecular flexibility index (Phi) is 4.94. The molecule has 5 nitrogen and oxygen atoms in total. The molecule has 0 spiro atoms. The summed E-state index contributed by atoms with van der Waals surface area (Å²) in [6.45, 7) is 4.33. The number of rotatable bonds is 6. The van der Waals surface area contributed by atoms with Crippen molar-refractivity contribution in [3.63, 3.8) is 0 Å². The summed E-state index contributed by atoms with van der Waals surface area (Å²) in [5, 5.41) is 8.11. The summed E-state index contributed by atoms with van der Waals surface area (Å²) in [7, 11) is 8.16. The Morgan fingerprint density at radius 1 is 1.33 bits per heavy atom. The molecule has 0 saturated heterocycles. The van der Waals surface area contributed by atoms with Gasteiger partial charge in [-0.05, 0) is 47.8 Å². The first kappa shape index (κ1) is 16.3. The standard InChI is InChI=1S/C16H30N4O/c1-12(2)20-14(13(21-6)11-18-20)15(17-3)16(19(4)5)9-7-8-10-16/h11-12,15,17H,7-10H2,1-6H3. The lowest BCUT2D eigenvalue weighted by Gasteiger charge is -2.43. The number of hydrogen-bond acceptors (Lipinski definition) is 4. The van der Waals surface area contributed by atoms with Crippen LogP contribution in [-0.2, 0) is 0 Å². The quantitative estimate of drug-likeness (QED) is 0.876. The molecule has 0 aliphatic heterocycles. The maximum Gasteiger partial charge on any atom is 0.161 e. The molecule has 1 aromatic rings. The van der Waals surface area contributed by atoms with Gasteiger partial charge in [-0.2, -0.15) is 5.10 Å². The Morgan fingerprint density at radius 3 is 2.38 bits per heavy atom. The van der Waals surface area contributed by atoms with Crippen LogP contribution in [0.2, 0.25) is 0 Å². The van der Waals surface area contributed by atoms with E-state index in [4.69, 9.17) is 4.74 Å². The normalized spacial score (nSPS) is 19.4. The molecular formula is C16H30N4O. The van der Waals surface area contributed by atoms with Gasteiger partial charge in [-0.1, -0.05) is 12.8 Å². The second-order valence-corrected chi connectivity index (χ2v) is 6.56. The summed E-state index contributed by atoms with van der Waals surface area (Å²) in [4.78, 5) is 2.39. The fourth-order valence-corrected chi connectivity index (χ4v) is 3.84.